The van der Waals surface area contributed by atoms with Gasteiger partial charge >= 0.3 is 6.18 Å². The van der Waals surface area contributed by atoms with E-state index < -0.39 is 28.6 Å². The Labute approximate surface area is 155 Å². The Morgan fingerprint density at radius 2 is 2.04 bits per heavy atom. The third-order valence-corrected chi connectivity index (χ3v) is 4.60. The quantitative estimate of drug-likeness (QED) is 0.744. The molecule has 1 aromatic rings. The second kappa shape index (κ2) is 7.91. The fraction of sp³-hybridized carbons (Fsp3) is 0.474. The normalized spacial score (nSPS) is 20.4. The van der Waals surface area contributed by atoms with Gasteiger partial charge in [0, 0.05) is 30.9 Å². The first-order valence-electron chi connectivity index (χ1n) is 8.53. The van der Waals surface area contributed by atoms with Gasteiger partial charge in [0.05, 0.1) is 16.7 Å². The summed E-state index contributed by atoms with van der Waals surface area (Å²) in [4.78, 5) is 30.1. The highest BCUT2D eigenvalue weighted by atomic mass is 19.4. The Kier molecular flexibility index (Phi) is 6.04. The maximum atomic E-state index is 13.2. The maximum Gasteiger partial charge on any atom is 0.417 e. The van der Waals surface area contributed by atoms with Crippen LogP contribution in [0.1, 0.15) is 49.0 Å². The van der Waals surface area contributed by atoms with Gasteiger partial charge in [0.25, 0.3) is 5.91 Å². The lowest BCUT2D eigenvalue weighted by Gasteiger charge is -2.28. The molecule has 1 aliphatic heterocycles. The largest absolute Gasteiger partial charge is 0.417 e. The topological polar surface area (TPSA) is 74.1 Å². The van der Waals surface area contributed by atoms with Gasteiger partial charge in [-0.1, -0.05) is 19.9 Å². The minimum absolute atomic E-state index is 0.0201. The molecule has 0 aliphatic carbocycles. The molecule has 0 N–H and O–H groups in total. The van der Waals surface area contributed by atoms with E-state index in [4.69, 9.17) is 0 Å². The molecule has 0 radical (unpaired) electrons. The number of halogens is 3. The van der Waals surface area contributed by atoms with Gasteiger partial charge in [-0.15, -0.1) is 0 Å². The first-order valence-corrected chi connectivity index (χ1v) is 8.53. The highest BCUT2D eigenvalue weighted by molar-refractivity contribution is 6.02. The van der Waals surface area contributed by atoms with E-state index in [2.05, 4.69) is 4.98 Å². The molecule has 0 bridgehead atoms. The van der Waals surface area contributed by atoms with E-state index >= 15 is 0 Å². The fourth-order valence-electron chi connectivity index (χ4n) is 3.04. The van der Waals surface area contributed by atoms with E-state index in [-0.39, 0.29) is 30.9 Å². The molecule has 2 rings (SSSR count). The summed E-state index contributed by atoms with van der Waals surface area (Å²) in [7, 11) is 0. The first kappa shape index (κ1) is 20.6. The lowest BCUT2D eigenvalue weighted by atomic mass is 9.79. The van der Waals surface area contributed by atoms with Gasteiger partial charge in [0.2, 0.25) is 0 Å². The van der Waals surface area contributed by atoms with Gasteiger partial charge in [0.15, 0.2) is 5.78 Å². The molecule has 0 atom stereocenters. The summed E-state index contributed by atoms with van der Waals surface area (Å²) >= 11 is 0. The number of Topliss-reactive ketones (excluding diaryl/α,β-unsaturated/α-hetero) is 1. The summed E-state index contributed by atoms with van der Waals surface area (Å²) in [5.41, 5.74) is -2.28. The van der Waals surface area contributed by atoms with Crippen molar-refractivity contribution >= 4 is 11.7 Å². The van der Waals surface area contributed by atoms with Crippen LogP contribution in [0.15, 0.2) is 30.1 Å². The van der Waals surface area contributed by atoms with Crippen LogP contribution in [0.5, 0.6) is 0 Å². The van der Waals surface area contributed by atoms with Crippen LogP contribution in [-0.4, -0.2) is 34.7 Å². The molecule has 1 aliphatic rings. The number of aromatic nitrogens is 1. The van der Waals surface area contributed by atoms with Crippen molar-refractivity contribution in [2.75, 3.05) is 13.1 Å². The van der Waals surface area contributed by atoms with Crippen molar-refractivity contribution in [1.29, 1.82) is 5.26 Å². The molecule has 1 amide bonds. The molecule has 0 unspecified atom stereocenters. The van der Waals surface area contributed by atoms with Crippen molar-refractivity contribution in [3.05, 3.63) is 41.2 Å². The van der Waals surface area contributed by atoms with E-state index in [0.717, 1.165) is 18.5 Å². The third-order valence-electron chi connectivity index (χ3n) is 4.60. The summed E-state index contributed by atoms with van der Waals surface area (Å²) in [6.07, 6.45) is -0.236. The minimum atomic E-state index is -4.66. The Hall–Kier alpha value is -2.69. The monoisotopic (exact) mass is 379 g/mol. The van der Waals surface area contributed by atoms with Gasteiger partial charge in [0.1, 0.15) is 6.07 Å². The number of alkyl halides is 3. The third kappa shape index (κ3) is 4.73. The molecule has 0 spiro atoms. The van der Waals surface area contributed by atoms with Crippen molar-refractivity contribution in [2.45, 2.75) is 39.3 Å². The van der Waals surface area contributed by atoms with Crippen molar-refractivity contribution in [2.24, 2.45) is 5.41 Å². The SMILES string of the molecule is CC1(C)CCCN(C(=O)c2cnccc2C(F)(F)F)CC/C=C(/C#N)C1=O. The molecule has 1 aromatic heterocycles. The molecular weight excluding hydrogens is 359 g/mol. The van der Waals surface area contributed by atoms with Gasteiger partial charge in [-0.3, -0.25) is 14.6 Å². The zero-order valence-electron chi connectivity index (χ0n) is 15.1. The van der Waals surface area contributed by atoms with Crippen molar-refractivity contribution in [3.63, 3.8) is 0 Å². The summed E-state index contributed by atoms with van der Waals surface area (Å²) in [5.74, 6) is -1.01. The second-order valence-electron chi connectivity index (χ2n) is 7.05. The van der Waals surface area contributed by atoms with Crippen LogP contribution in [0.25, 0.3) is 0 Å². The fourth-order valence-corrected chi connectivity index (χ4v) is 3.04. The molecule has 0 fully saturated rings. The van der Waals surface area contributed by atoms with E-state index in [1.807, 2.05) is 6.07 Å². The predicted molar refractivity (Wildman–Crippen MR) is 91.5 cm³/mol. The Morgan fingerprint density at radius 3 is 2.67 bits per heavy atom. The Morgan fingerprint density at radius 1 is 1.33 bits per heavy atom. The lowest BCUT2D eigenvalue weighted by Crippen LogP contribution is -2.36. The van der Waals surface area contributed by atoms with Gasteiger partial charge < -0.3 is 4.90 Å². The number of carbonyl (C=O) groups is 2. The summed E-state index contributed by atoms with van der Waals surface area (Å²) in [6, 6.07) is 2.66. The van der Waals surface area contributed by atoms with Crippen LogP contribution >= 0.6 is 0 Å². The zero-order chi connectivity index (χ0) is 20.2. The van der Waals surface area contributed by atoms with Gasteiger partial charge in [-0.2, -0.15) is 18.4 Å². The van der Waals surface area contributed by atoms with E-state index in [0.29, 0.717) is 12.8 Å². The van der Waals surface area contributed by atoms with Crippen LogP contribution in [-0.2, 0) is 11.0 Å². The summed E-state index contributed by atoms with van der Waals surface area (Å²) in [6.45, 7) is 3.77. The van der Waals surface area contributed by atoms with Crippen molar-refractivity contribution in [3.8, 4) is 6.07 Å². The molecule has 0 saturated carbocycles. The highest BCUT2D eigenvalue weighted by Gasteiger charge is 2.37. The molecule has 0 aromatic carbocycles. The number of hydrogen-bond donors (Lipinski definition) is 0. The zero-order valence-corrected chi connectivity index (χ0v) is 15.1. The number of allylic oxidation sites excluding steroid dienone is 1. The molecule has 5 nitrogen and oxygen atoms in total. The van der Waals surface area contributed by atoms with Gasteiger partial charge in [-0.05, 0) is 25.3 Å². The van der Waals surface area contributed by atoms with E-state index in [1.165, 1.54) is 11.0 Å². The Balaban J connectivity index is 2.32. The maximum absolute atomic E-state index is 13.2. The molecular formula is C19H20F3N3O2. The van der Waals surface area contributed by atoms with Crippen LogP contribution < -0.4 is 0 Å². The van der Waals surface area contributed by atoms with Gasteiger partial charge in [-0.25, -0.2) is 0 Å². The van der Waals surface area contributed by atoms with Crippen LogP contribution in [0.4, 0.5) is 13.2 Å². The molecule has 144 valence electrons. The smallest absolute Gasteiger partial charge is 0.338 e. The predicted octanol–water partition coefficient (Wildman–Crippen LogP) is 3.77. The second-order valence-corrected chi connectivity index (χ2v) is 7.05. The van der Waals surface area contributed by atoms with Crippen LogP contribution in [0.3, 0.4) is 0 Å². The Bertz CT molecular complexity index is 807. The number of pyridine rings is 1. The molecule has 2 heterocycles. The number of nitriles is 1. The number of amides is 1. The highest BCUT2D eigenvalue weighted by Crippen LogP contribution is 2.32. The number of rotatable bonds is 1. The average Bonchev–Trinajstić information content (AvgIpc) is 2.61. The molecule has 27 heavy (non-hydrogen) atoms. The number of carbonyl (C=O) groups excluding carboxylic acids is 2. The minimum Gasteiger partial charge on any atom is -0.338 e. The van der Waals surface area contributed by atoms with Crippen LogP contribution in [0, 0.1) is 16.7 Å². The summed E-state index contributed by atoms with van der Waals surface area (Å²) in [5, 5.41) is 9.20. The molecule has 8 heteroatoms. The van der Waals surface area contributed by atoms with Crippen molar-refractivity contribution < 1.29 is 22.8 Å². The average molecular weight is 379 g/mol. The first-order chi connectivity index (χ1) is 12.6. The summed E-state index contributed by atoms with van der Waals surface area (Å²) < 4.78 is 39.6. The van der Waals surface area contributed by atoms with E-state index in [1.54, 1.807) is 13.8 Å². The van der Waals surface area contributed by atoms with E-state index in [9.17, 15) is 28.0 Å². The van der Waals surface area contributed by atoms with Crippen molar-refractivity contribution in [1.82, 2.24) is 9.88 Å². The molecule has 0 saturated heterocycles. The number of nitrogens with zero attached hydrogens (tertiary/aromatic N) is 3. The number of hydrogen-bond acceptors (Lipinski definition) is 4. The lowest BCUT2D eigenvalue weighted by molar-refractivity contribution is -0.138. The number of ketones is 1. The standard InChI is InChI=1S/C19H20F3N3O2/c1-18(2)7-4-10-25(9-3-5-13(11-23)16(18)26)17(27)14-12-24-8-6-15(14)19(20,21)22/h5-6,8,12H,3-4,7,9-10H2,1-2H3/b13-5-. The van der Waals surface area contributed by atoms with Crippen LogP contribution in [0.2, 0.25) is 0 Å².